The van der Waals surface area contributed by atoms with E-state index in [9.17, 15) is 9.90 Å². The van der Waals surface area contributed by atoms with Crippen molar-refractivity contribution in [2.75, 3.05) is 0 Å². The molecule has 0 aromatic heterocycles. The van der Waals surface area contributed by atoms with E-state index in [1.807, 2.05) is 6.08 Å². The Labute approximate surface area is 128 Å². The number of rotatable bonds is 1. The summed E-state index contributed by atoms with van der Waals surface area (Å²) in [7, 11) is 0. The maximum absolute atomic E-state index is 11.7. The van der Waals surface area contributed by atoms with Crippen molar-refractivity contribution in [3.63, 3.8) is 0 Å². The summed E-state index contributed by atoms with van der Waals surface area (Å²) in [4.78, 5) is 11.7. The van der Waals surface area contributed by atoms with Crippen LogP contribution in [0.2, 0.25) is 0 Å². The van der Waals surface area contributed by atoms with Crippen LogP contribution in [-0.4, -0.2) is 17.0 Å². The van der Waals surface area contributed by atoms with Gasteiger partial charge in [0.2, 0.25) is 0 Å². The Morgan fingerprint density at radius 1 is 1.19 bits per heavy atom. The fourth-order valence-electron chi connectivity index (χ4n) is 6.70. The maximum Gasteiger partial charge on any atom is 0.155 e. The smallest absolute Gasteiger partial charge is 0.155 e. The fourth-order valence-corrected chi connectivity index (χ4v) is 6.70. The van der Waals surface area contributed by atoms with Crippen molar-refractivity contribution in [2.24, 2.45) is 35.0 Å². The molecule has 0 heterocycles. The molecular formula is C19H28O2. The molecule has 21 heavy (non-hydrogen) atoms. The number of aliphatic hydroxyl groups excluding tert-OH is 1. The van der Waals surface area contributed by atoms with Crippen molar-refractivity contribution in [1.29, 1.82) is 0 Å². The van der Waals surface area contributed by atoms with E-state index in [-0.39, 0.29) is 11.5 Å². The van der Waals surface area contributed by atoms with Crippen LogP contribution in [0.1, 0.15) is 58.3 Å². The van der Waals surface area contributed by atoms with Gasteiger partial charge in [0, 0.05) is 6.42 Å². The topological polar surface area (TPSA) is 37.3 Å². The zero-order valence-electron chi connectivity index (χ0n) is 13.1. The molecule has 4 aliphatic rings. The second-order valence-corrected chi connectivity index (χ2v) is 8.10. The molecule has 3 fully saturated rings. The van der Waals surface area contributed by atoms with E-state index in [1.165, 1.54) is 32.1 Å². The summed E-state index contributed by atoms with van der Waals surface area (Å²) >= 11 is 0. The van der Waals surface area contributed by atoms with Gasteiger partial charge >= 0.3 is 0 Å². The largest absolute Gasteiger partial charge is 0.393 e. The van der Waals surface area contributed by atoms with Crippen LogP contribution in [0.3, 0.4) is 0 Å². The van der Waals surface area contributed by atoms with Gasteiger partial charge in [-0.05, 0) is 86.0 Å². The van der Waals surface area contributed by atoms with Gasteiger partial charge in [-0.2, -0.15) is 0 Å². The molecule has 2 nitrogen and oxygen atoms in total. The Morgan fingerprint density at radius 2 is 2.05 bits per heavy atom. The second kappa shape index (κ2) is 4.94. The molecule has 1 N–H and O–H groups in total. The van der Waals surface area contributed by atoms with E-state index >= 15 is 0 Å². The van der Waals surface area contributed by atoms with E-state index in [1.54, 1.807) is 0 Å². The Balaban J connectivity index is 1.63. The fraction of sp³-hybridized carbons (Fsp3) is 0.842. The highest BCUT2D eigenvalue weighted by Gasteiger charge is 2.57. The van der Waals surface area contributed by atoms with Crippen LogP contribution in [-0.2, 0) is 4.79 Å². The normalized spacial score (nSPS) is 52.2. The Morgan fingerprint density at radius 3 is 2.86 bits per heavy atom. The highest BCUT2D eigenvalue weighted by molar-refractivity contribution is 5.90. The number of hydrogen-bond acceptors (Lipinski definition) is 2. The Bertz CT molecular complexity index is 468. The molecule has 0 saturated heterocycles. The highest BCUT2D eigenvalue weighted by Crippen LogP contribution is 2.62. The third kappa shape index (κ3) is 1.91. The first kappa shape index (κ1) is 14.0. The van der Waals surface area contributed by atoms with Crippen LogP contribution < -0.4 is 0 Å². The first-order valence-electron chi connectivity index (χ1n) is 9.05. The van der Waals surface area contributed by atoms with Crippen LogP contribution in [0.25, 0.3) is 0 Å². The Hall–Kier alpha value is -0.630. The first-order chi connectivity index (χ1) is 10.2. The molecule has 0 radical (unpaired) electrons. The van der Waals surface area contributed by atoms with Gasteiger partial charge in [-0.25, -0.2) is 0 Å². The number of carbonyl (C=O) groups excluding carboxylic acids is 1. The van der Waals surface area contributed by atoms with Crippen molar-refractivity contribution < 1.29 is 9.90 Å². The molecule has 3 unspecified atom stereocenters. The standard InChI is InChI=1S/C19H28O2/c1-2-19-10-9-15-14-6-4-13(20)11-12(14)3-5-16(15)17(19)7-8-18(19)21/h4,6,12,14-18,21H,2-3,5,7-11H2,1H3/t12-,14+,15?,16?,17?,18+,19+/m1/s1. The third-order valence-corrected chi connectivity index (χ3v) is 7.70. The minimum Gasteiger partial charge on any atom is -0.393 e. The SMILES string of the molecule is CC[C@]12CCC3C(CC[C@@H]4CC(=O)C=C[C@H]34)C1CC[C@@H]2O. The molecule has 7 atom stereocenters. The number of carbonyl (C=O) groups is 1. The average molecular weight is 288 g/mol. The Kier molecular flexibility index (Phi) is 3.29. The lowest BCUT2D eigenvalue weighted by Crippen LogP contribution is -2.49. The molecule has 4 rings (SSSR count). The third-order valence-electron chi connectivity index (χ3n) is 7.70. The summed E-state index contributed by atoms with van der Waals surface area (Å²) in [5, 5.41) is 10.6. The second-order valence-electron chi connectivity index (χ2n) is 8.10. The van der Waals surface area contributed by atoms with Crippen molar-refractivity contribution >= 4 is 5.78 Å². The van der Waals surface area contributed by atoms with Gasteiger partial charge in [0.05, 0.1) is 6.10 Å². The first-order valence-corrected chi connectivity index (χ1v) is 9.05. The van der Waals surface area contributed by atoms with Crippen molar-refractivity contribution in [3.05, 3.63) is 12.2 Å². The zero-order valence-corrected chi connectivity index (χ0v) is 13.1. The van der Waals surface area contributed by atoms with Gasteiger partial charge < -0.3 is 5.11 Å². The zero-order chi connectivity index (χ0) is 14.6. The number of aliphatic hydroxyl groups is 1. The lowest BCUT2D eigenvalue weighted by molar-refractivity contribution is -0.119. The molecule has 0 aromatic rings. The summed E-state index contributed by atoms with van der Waals surface area (Å²) in [5.74, 6) is 3.92. The van der Waals surface area contributed by atoms with Crippen molar-refractivity contribution in [3.8, 4) is 0 Å². The van der Waals surface area contributed by atoms with Crippen LogP contribution in [0, 0.1) is 35.0 Å². The van der Waals surface area contributed by atoms with E-state index in [0.29, 0.717) is 17.6 Å². The molecule has 0 aliphatic heterocycles. The predicted octanol–water partition coefficient (Wildman–Crippen LogP) is 3.74. The summed E-state index contributed by atoms with van der Waals surface area (Å²) in [6.45, 7) is 2.28. The van der Waals surface area contributed by atoms with Gasteiger partial charge in [0.15, 0.2) is 5.78 Å². The van der Waals surface area contributed by atoms with Gasteiger partial charge in [0.1, 0.15) is 0 Å². The summed E-state index contributed by atoms with van der Waals surface area (Å²) in [6, 6.07) is 0. The molecule has 0 spiro atoms. The molecule has 3 saturated carbocycles. The average Bonchev–Trinajstić information content (AvgIpc) is 2.84. The minimum absolute atomic E-state index is 0.0605. The van der Waals surface area contributed by atoms with Gasteiger partial charge in [0.25, 0.3) is 0 Å². The number of hydrogen-bond donors (Lipinski definition) is 1. The summed E-state index contributed by atoms with van der Waals surface area (Å²) in [6.07, 6.45) is 13.2. The molecular weight excluding hydrogens is 260 g/mol. The lowest BCUT2D eigenvalue weighted by Gasteiger charge is -2.55. The summed E-state index contributed by atoms with van der Waals surface area (Å²) < 4.78 is 0. The number of allylic oxidation sites excluding steroid dienone is 2. The minimum atomic E-state index is -0.0605. The van der Waals surface area contributed by atoms with Crippen LogP contribution in [0.5, 0.6) is 0 Å². The molecule has 116 valence electrons. The van der Waals surface area contributed by atoms with E-state index in [2.05, 4.69) is 13.0 Å². The maximum atomic E-state index is 11.7. The van der Waals surface area contributed by atoms with Crippen molar-refractivity contribution in [1.82, 2.24) is 0 Å². The van der Waals surface area contributed by atoms with E-state index < -0.39 is 0 Å². The molecule has 0 amide bonds. The van der Waals surface area contributed by atoms with Crippen LogP contribution in [0.4, 0.5) is 0 Å². The molecule has 2 heteroatoms. The van der Waals surface area contributed by atoms with E-state index in [4.69, 9.17) is 0 Å². The molecule has 0 aromatic carbocycles. The van der Waals surface area contributed by atoms with Gasteiger partial charge in [-0.15, -0.1) is 0 Å². The lowest BCUT2D eigenvalue weighted by atomic mass is 9.50. The number of fused-ring (bicyclic) bond motifs is 5. The monoisotopic (exact) mass is 288 g/mol. The van der Waals surface area contributed by atoms with Gasteiger partial charge in [-0.3, -0.25) is 4.79 Å². The van der Waals surface area contributed by atoms with Crippen LogP contribution in [0.15, 0.2) is 12.2 Å². The number of ketones is 1. The molecule has 0 bridgehead atoms. The molecule has 4 aliphatic carbocycles. The van der Waals surface area contributed by atoms with Crippen molar-refractivity contribution in [2.45, 2.75) is 64.4 Å². The van der Waals surface area contributed by atoms with E-state index in [0.717, 1.165) is 37.0 Å². The highest BCUT2D eigenvalue weighted by atomic mass is 16.3. The van der Waals surface area contributed by atoms with Gasteiger partial charge in [-0.1, -0.05) is 13.0 Å². The van der Waals surface area contributed by atoms with Crippen LogP contribution >= 0.6 is 0 Å². The summed E-state index contributed by atoms with van der Waals surface area (Å²) in [5.41, 5.74) is 0.224. The predicted molar refractivity (Wildman–Crippen MR) is 82.6 cm³/mol. The quantitative estimate of drug-likeness (QED) is 0.798.